The van der Waals surface area contributed by atoms with Crippen molar-refractivity contribution in [2.24, 2.45) is 5.92 Å². The summed E-state index contributed by atoms with van der Waals surface area (Å²) in [6.45, 7) is 2.21. The van der Waals surface area contributed by atoms with E-state index in [2.05, 4.69) is 32.2 Å². The van der Waals surface area contributed by atoms with Crippen molar-refractivity contribution >= 4 is 16.9 Å². The predicted molar refractivity (Wildman–Crippen MR) is 92.1 cm³/mol. The van der Waals surface area contributed by atoms with Gasteiger partial charge in [0, 0.05) is 23.2 Å². The van der Waals surface area contributed by atoms with E-state index in [-0.39, 0.29) is 11.9 Å². The Labute approximate surface area is 143 Å². The minimum absolute atomic E-state index is 0.197. The van der Waals surface area contributed by atoms with Crippen molar-refractivity contribution in [3.63, 3.8) is 0 Å². The molecule has 1 fully saturated rings. The Hall–Kier alpha value is -2.57. The van der Waals surface area contributed by atoms with Crippen LogP contribution in [0.4, 0.5) is 14.6 Å². The standard InChI is InChI=1S/C18H19F2N5/c1-10-3-2-4-12(5-10)24-18-15(20)9-23-17(25-18)14-8-22-16-13(14)6-11(19)7-21-16/h6-10,12H,2-5H2,1H3,(H,21,22)(H,23,24,25)/t10-,12+/m1/s1. The predicted octanol–water partition coefficient (Wildman–Crippen LogP) is 4.29. The molecule has 0 spiro atoms. The molecule has 0 amide bonds. The molecule has 0 aliphatic heterocycles. The van der Waals surface area contributed by atoms with Gasteiger partial charge in [0.25, 0.3) is 0 Å². The van der Waals surface area contributed by atoms with E-state index >= 15 is 0 Å². The van der Waals surface area contributed by atoms with E-state index in [4.69, 9.17) is 0 Å². The number of aromatic amines is 1. The lowest BCUT2D eigenvalue weighted by atomic mass is 9.87. The summed E-state index contributed by atoms with van der Waals surface area (Å²) < 4.78 is 27.7. The number of anilines is 1. The van der Waals surface area contributed by atoms with Gasteiger partial charge in [-0.15, -0.1) is 0 Å². The zero-order chi connectivity index (χ0) is 17.4. The monoisotopic (exact) mass is 343 g/mol. The highest BCUT2D eigenvalue weighted by Crippen LogP contribution is 2.29. The fourth-order valence-electron chi connectivity index (χ4n) is 3.52. The SMILES string of the molecule is C[C@@H]1CCC[C@H](Nc2nc(-c3c[nH]c4ncc(F)cc34)ncc2F)C1. The molecule has 2 atom stereocenters. The molecule has 3 aromatic rings. The Bertz CT molecular complexity index is 908. The molecule has 0 bridgehead atoms. The second-order valence-electron chi connectivity index (χ2n) is 6.76. The van der Waals surface area contributed by atoms with Gasteiger partial charge in [0.1, 0.15) is 11.5 Å². The topological polar surface area (TPSA) is 66.5 Å². The van der Waals surface area contributed by atoms with Crippen LogP contribution in [0.1, 0.15) is 32.6 Å². The Morgan fingerprint density at radius 1 is 1.20 bits per heavy atom. The van der Waals surface area contributed by atoms with Crippen molar-refractivity contribution in [1.82, 2.24) is 19.9 Å². The number of nitrogens with one attached hydrogen (secondary N) is 2. The number of H-pyrrole nitrogens is 1. The minimum Gasteiger partial charge on any atom is -0.365 e. The molecule has 25 heavy (non-hydrogen) atoms. The Morgan fingerprint density at radius 3 is 2.92 bits per heavy atom. The van der Waals surface area contributed by atoms with E-state index < -0.39 is 11.6 Å². The van der Waals surface area contributed by atoms with Crippen LogP contribution < -0.4 is 5.32 Å². The summed E-state index contributed by atoms with van der Waals surface area (Å²) in [5, 5.41) is 3.79. The molecule has 3 heterocycles. The van der Waals surface area contributed by atoms with Gasteiger partial charge in [-0.2, -0.15) is 0 Å². The second-order valence-corrected chi connectivity index (χ2v) is 6.76. The lowest BCUT2D eigenvalue weighted by Gasteiger charge is -2.28. The quantitative estimate of drug-likeness (QED) is 0.744. The molecule has 4 rings (SSSR count). The van der Waals surface area contributed by atoms with Crippen LogP contribution in [0.2, 0.25) is 0 Å². The highest BCUT2D eigenvalue weighted by atomic mass is 19.1. The maximum Gasteiger partial charge on any atom is 0.183 e. The first-order valence-corrected chi connectivity index (χ1v) is 8.52. The highest BCUT2D eigenvalue weighted by Gasteiger charge is 2.21. The van der Waals surface area contributed by atoms with Crippen LogP contribution in [0.5, 0.6) is 0 Å². The van der Waals surface area contributed by atoms with Crippen LogP contribution in [0, 0.1) is 17.6 Å². The van der Waals surface area contributed by atoms with Gasteiger partial charge in [0.05, 0.1) is 12.4 Å². The largest absolute Gasteiger partial charge is 0.365 e. The number of hydrogen-bond donors (Lipinski definition) is 2. The summed E-state index contributed by atoms with van der Waals surface area (Å²) in [4.78, 5) is 15.4. The smallest absolute Gasteiger partial charge is 0.183 e. The van der Waals surface area contributed by atoms with Crippen molar-refractivity contribution in [3.8, 4) is 11.4 Å². The summed E-state index contributed by atoms with van der Waals surface area (Å²) >= 11 is 0. The molecule has 5 nitrogen and oxygen atoms in total. The van der Waals surface area contributed by atoms with Crippen LogP contribution in [0.15, 0.2) is 24.7 Å². The van der Waals surface area contributed by atoms with Gasteiger partial charge in [0.2, 0.25) is 0 Å². The molecule has 130 valence electrons. The van der Waals surface area contributed by atoms with Gasteiger partial charge in [-0.25, -0.2) is 23.7 Å². The fraction of sp³-hybridized carbons (Fsp3) is 0.389. The van der Waals surface area contributed by atoms with Gasteiger partial charge in [-0.05, 0) is 24.8 Å². The zero-order valence-corrected chi connectivity index (χ0v) is 13.9. The van der Waals surface area contributed by atoms with Crippen molar-refractivity contribution in [2.75, 3.05) is 5.32 Å². The first kappa shape index (κ1) is 15.9. The van der Waals surface area contributed by atoms with E-state index in [1.54, 1.807) is 6.20 Å². The first-order valence-electron chi connectivity index (χ1n) is 8.52. The lowest BCUT2D eigenvalue weighted by molar-refractivity contribution is 0.357. The maximum atomic E-state index is 14.2. The fourth-order valence-corrected chi connectivity index (χ4v) is 3.52. The molecule has 0 aromatic carbocycles. The summed E-state index contributed by atoms with van der Waals surface area (Å²) in [6.07, 6.45) is 8.31. The first-order chi connectivity index (χ1) is 12.1. The Morgan fingerprint density at radius 2 is 2.08 bits per heavy atom. The number of rotatable bonds is 3. The molecule has 0 unspecified atom stereocenters. The summed E-state index contributed by atoms with van der Waals surface area (Å²) in [7, 11) is 0. The average molecular weight is 343 g/mol. The molecular weight excluding hydrogens is 324 g/mol. The van der Waals surface area contributed by atoms with E-state index in [1.807, 2.05) is 0 Å². The third-order valence-corrected chi connectivity index (χ3v) is 4.76. The molecule has 0 radical (unpaired) electrons. The van der Waals surface area contributed by atoms with E-state index in [9.17, 15) is 8.78 Å². The van der Waals surface area contributed by atoms with Gasteiger partial charge in [-0.1, -0.05) is 19.8 Å². The number of halogens is 2. The van der Waals surface area contributed by atoms with Crippen LogP contribution >= 0.6 is 0 Å². The minimum atomic E-state index is -0.480. The van der Waals surface area contributed by atoms with Crippen LogP contribution in [-0.4, -0.2) is 26.0 Å². The molecule has 7 heteroatoms. The number of hydrogen-bond acceptors (Lipinski definition) is 4. The molecule has 1 saturated carbocycles. The van der Waals surface area contributed by atoms with Crippen molar-refractivity contribution in [3.05, 3.63) is 36.3 Å². The highest BCUT2D eigenvalue weighted by molar-refractivity contribution is 5.91. The van der Waals surface area contributed by atoms with Crippen molar-refractivity contribution < 1.29 is 8.78 Å². The van der Waals surface area contributed by atoms with Gasteiger partial charge in [0.15, 0.2) is 17.5 Å². The van der Waals surface area contributed by atoms with Gasteiger partial charge in [-0.3, -0.25) is 0 Å². The van der Waals surface area contributed by atoms with Crippen molar-refractivity contribution in [2.45, 2.75) is 38.6 Å². The Kier molecular flexibility index (Phi) is 4.07. The average Bonchev–Trinajstić information content (AvgIpc) is 3.00. The Balaban J connectivity index is 1.67. The lowest BCUT2D eigenvalue weighted by Crippen LogP contribution is -2.27. The third-order valence-electron chi connectivity index (χ3n) is 4.76. The molecule has 0 saturated heterocycles. The van der Waals surface area contributed by atoms with Crippen LogP contribution in [0.25, 0.3) is 22.4 Å². The van der Waals surface area contributed by atoms with Gasteiger partial charge < -0.3 is 10.3 Å². The van der Waals surface area contributed by atoms with E-state index in [1.165, 1.54) is 12.5 Å². The second kappa shape index (κ2) is 6.38. The molecular formula is C18H19F2N5. The normalized spacial score (nSPS) is 20.8. The third kappa shape index (κ3) is 3.18. The summed E-state index contributed by atoms with van der Waals surface area (Å²) in [6, 6.07) is 1.58. The van der Waals surface area contributed by atoms with Gasteiger partial charge >= 0.3 is 0 Å². The van der Waals surface area contributed by atoms with Crippen LogP contribution in [-0.2, 0) is 0 Å². The van der Waals surface area contributed by atoms with E-state index in [0.29, 0.717) is 28.3 Å². The maximum absolute atomic E-state index is 14.2. The number of fused-ring (bicyclic) bond motifs is 1. The van der Waals surface area contributed by atoms with Crippen molar-refractivity contribution in [1.29, 1.82) is 0 Å². The van der Waals surface area contributed by atoms with E-state index in [0.717, 1.165) is 31.7 Å². The zero-order valence-electron chi connectivity index (χ0n) is 13.9. The number of aromatic nitrogens is 4. The molecule has 2 N–H and O–H groups in total. The molecule has 3 aromatic heterocycles. The summed E-state index contributed by atoms with van der Waals surface area (Å²) in [5.41, 5.74) is 1.14. The molecule has 1 aliphatic carbocycles. The summed E-state index contributed by atoms with van der Waals surface area (Å²) in [5.74, 6) is 0.239. The number of pyridine rings is 1. The molecule has 1 aliphatic rings. The van der Waals surface area contributed by atoms with Crippen LogP contribution in [0.3, 0.4) is 0 Å². The number of nitrogens with zero attached hydrogens (tertiary/aromatic N) is 3.